The van der Waals surface area contributed by atoms with E-state index >= 15 is 0 Å². The van der Waals surface area contributed by atoms with Crippen molar-refractivity contribution in [2.75, 3.05) is 26.7 Å². The van der Waals surface area contributed by atoms with Gasteiger partial charge in [-0.05, 0) is 32.9 Å². The quantitative estimate of drug-likeness (QED) is 0.609. The highest BCUT2D eigenvalue weighted by atomic mass is 16.3. The SMILES string of the molecule is CCCCN(CC(O)CNC)C1CC1. The molecule has 3 nitrogen and oxygen atoms in total. The highest BCUT2D eigenvalue weighted by molar-refractivity contribution is 4.85. The van der Waals surface area contributed by atoms with Gasteiger partial charge in [-0.3, -0.25) is 4.90 Å². The average molecular weight is 200 g/mol. The van der Waals surface area contributed by atoms with Gasteiger partial charge in [0.2, 0.25) is 0 Å². The number of nitrogens with one attached hydrogen (secondary N) is 1. The normalized spacial score (nSPS) is 18.9. The number of rotatable bonds is 8. The number of nitrogens with zero attached hydrogens (tertiary/aromatic N) is 1. The molecule has 0 amide bonds. The van der Waals surface area contributed by atoms with Gasteiger partial charge in [-0.25, -0.2) is 0 Å². The van der Waals surface area contributed by atoms with Gasteiger partial charge < -0.3 is 10.4 Å². The second-order valence-corrected chi connectivity index (χ2v) is 4.29. The van der Waals surface area contributed by atoms with Gasteiger partial charge in [0.25, 0.3) is 0 Å². The molecule has 0 aliphatic heterocycles. The first-order chi connectivity index (χ1) is 6.77. The van der Waals surface area contributed by atoms with Crippen molar-refractivity contribution in [3.05, 3.63) is 0 Å². The van der Waals surface area contributed by atoms with Crippen LogP contribution in [0, 0.1) is 0 Å². The van der Waals surface area contributed by atoms with Crippen molar-refractivity contribution < 1.29 is 5.11 Å². The summed E-state index contributed by atoms with van der Waals surface area (Å²) in [6, 6.07) is 0.771. The minimum atomic E-state index is -0.211. The molecule has 0 aromatic carbocycles. The van der Waals surface area contributed by atoms with Gasteiger partial charge in [0.15, 0.2) is 0 Å². The minimum absolute atomic E-state index is 0.211. The Morgan fingerprint density at radius 1 is 1.50 bits per heavy atom. The van der Waals surface area contributed by atoms with E-state index in [1.165, 1.54) is 25.7 Å². The maximum absolute atomic E-state index is 9.69. The van der Waals surface area contributed by atoms with E-state index in [1.54, 1.807) is 0 Å². The summed E-state index contributed by atoms with van der Waals surface area (Å²) in [7, 11) is 1.89. The van der Waals surface area contributed by atoms with E-state index in [4.69, 9.17) is 0 Å². The van der Waals surface area contributed by atoms with Crippen LogP contribution >= 0.6 is 0 Å². The molecule has 0 aromatic heterocycles. The molecule has 0 saturated heterocycles. The van der Waals surface area contributed by atoms with Crippen LogP contribution in [0.15, 0.2) is 0 Å². The number of likely N-dealkylation sites (N-methyl/N-ethyl adjacent to an activating group) is 1. The van der Waals surface area contributed by atoms with E-state index in [0.717, 1.165) is 19.1 Å². The lowest BCUT2D eigenvalue weighted by Crippen LogP contribution is -2.39. The number of aliphatic hydroxyl groups excluding tert-OH is 1. The van der Waals surface area contributed by atoms with Crippen LogP contribution in [0.25, 0.3) is 0 Å². The molecule has 2 N–H and O–H groups in total. The first kappa shape index (κ1) is 12.0. The van der Waals surface area contributed by atoms with E-state index in [1.807, 2.05) is 7.05 Å². The predicted molar refractivity (Wildman–Crippen MR) is 59.4 cm³/mol. The summed E-state index contributed by atoms with van der Waals surface area (Å²) in [5.41, 5.74) is 0. The van der Waals surface area contributed by atoms with Crippen molar-refractivity contribution in [1.82, 2.24) is 10.2 Å². The van der Waals surface area contributed by atoms with Gasteiger partial charge >= 0.3 is 0 Å². The lowest BCUT2D eigenvalue weighted by atomic mass is 10.2. The fourth-order valence-corrected chi connectivity index (χ4v) is 1.79. The standard InChI is InChI=1S/C11H24N2O/c1-3-4-7-13(10-5-6-10)9-11(14)8-12-2/h10-12,14H,3-9H2,1-2H3. The summed E-state index contributed by atoms with van der Waals surface area (Å²) in [6.07, 6.45) is 4.94. The Kier molecular flexibility index (Phi) is 5.45. The molecular weight excluding hydrogens is 176 g/mol. The zero-order valence-electron chi connectivity index (χ0n) is 9.50. The molecule has 1 atom stereocenters. The van der Waals surface area contributed by atoms with Gasteiger partial charge in [0, 0.05) is 19.1 Å². The Bertz CT molecular complexity index is 148. The molecule has 0 bridgehead atoms. The molecule has 0 spiro atoms. The third-order valence-electron chi connectivity index (χ3n) is 2.75. The highest BCUT2D eigenvalue weighted by Gasteiger charge is 2.29. The molecule has 1 saturated carbocycles. The molecule has 0 aromatic rings. The zero-order valence-corrected chi connectivity index (χ0v) is 9.50. The monoisotopic (exact) mass is 200 g/mol. The number of unbranched alkanes of at least 4 members (excludes halogenated alkanes) is 1. The second kappa shape index (κ2) is 6.38. The fraction of sp³-hybridized carbons (Fsp3) is 1.00. The number of hydrogen-bond donors (Lipinski definition) is 2. The molecule has 1 aliphatic carbocycles. The largest absolute Gasteiger partial charge is 0.390 e. The summed E-state index contributed by atoms with van der Waals surface area (Å²) >= 11 is 0. The molecule has 3 heteroatoms. The zero-order chi connectivity index (χ0) is 10.4. The summed E-state index contributed by atoms with van der Waals surface area (Å²) in [5.74, 6) is 0. The van der Waals surface area contributed by atoms with E-state index in [0.29, 0.717) is 6.54 Å². The number of hydrogen-bond acceptors (Lipinski definition) is 3. The lowest BCUT2D eigenvalue weighted by Gasteiger charge is -2.24. The van der Waals surface area contributed by atoms with Crippen molar-refractivity contribution in [1.29, 1.82) is 0 Å². The summed E-state index contributed by atoms with van der Waals surface area (Å²) in [5, 5.41) is 12.7. The van der Waals surface area contributed by atoms with E-state index in [9.17, 15) is 5.11 Å². The maximum Gasteiger partial charge on any atom is 0.0791 e. The second-order valence-electron chi connectivity index (χ2n) is 4.29. The lowest BCUT2D eigenvalue weighted by molar-refractivity contribution is 0.108. The van der Waals surface area contributed by atoms with E-state index < -0.39 is 0 Å². The molecule has 0 radical (unpaired) electrons. The third kappa shape index (κ3) is 4.40. The van der Waals surface area contributed by atoms with Gasteiger partial charge in [0.05, 0.1) is 6.10 Å². The third-order valence-corrected chi connectivity index (χ3v) is 2.75. The Labute approximate surface area is 87.5 Å². The Hall–Kier alpha value is -0.120. The maximum atomic E-state index is 9.69. The molecule has 84 valence electrons. The van der Waals surface area contributed by atoms with E-state index in [2.05, 4.69) is 17.1 Å². The van der Waals surface area contributed by atoms with Crippen LogP contribution in [0.5, 0.6) is 0 Å². The van der Waals surface area contributed by atoms with Crippen molar-refractivity contribution in [2.24, 2.45) is 0 Å². The van der Waals surface area contributed by atoms with Crippen molar-refractivity contribution in [3.8, 4) is 0 Å². The molecule has 1 rings (SSSR count). The topological polar surface area (TPSA) is 35.5 Å². The Morgan fingerprint density at radius 3 is 2.71 bits per heavy atom. The van der Waals surface area contributed by atoms with Crippen LogP contribution in [0.4, 0.5) is 0 Å². The summed E-state index contributed by atoms with van der Waals surface area (Å²) in [4.78, 5) is 2.45. The van der Waals surface area contributed by atoms with Crippen LogP contribution < -0.4 is 5.32 Å². The Balaban J connectivity index is 2.20. The van der Waals surface area contributed by atoms with Crippen LogP contribution in [0.2, 0.25) is 0 Å². The van der Waals surface area contributed by atoms with Gasteiger partial charge in [-0.1, -0.05) is 13.3 Å². The van der Waals surface area contributed by atoms with Gasteiger partial charge in [-0.15, -0.1) is 0 Å². The first-order valence-electron chi connectivity index (χ1n) is 5.84. The van der Waals surface area contributed by atoms with Crippen molar-refractivity contribution in [2.45, 2.75) is 44.8 Å². The van der Waals surface area contributed by atoms with Gasteiger partial charge in [-0.2, -0.15) is 0 Å². The highest BCUT2D eigenvalue weighted by Crippen LogP contribution is 2.27. The van der Waals surface area contributed by atoms with E-state index in [-0.39, 0.29) is 6.10 Å². The molecular formula is C11H24N2O. The van der Waals surface area contributed by atoms with Crippen LogP contribution in [0.1, 0.15) is 32.6 Å². The first-order valence-corrected chi connectivity index (χ1v) is 5.84. The molecule has 1 unspecified atom stereocenters. The molecule has 1 aliphatic rings. The smallest absolute Gasteiger partial charge is 0.0791 e. The average Bonchev–Trinajstić information content (AvgIpc) is 2.95. The van der Waals surface area contributed by atoms with Crippen molar-refractivity contribution >= 4 is 0 Å². The van der Waals surface area contributed by atoms with Crippen molar-refractivity contribution in [3.63, 3.8) is 0 Å². The summed E-state index contributed by atoms with van der Waals surface area (Å²) < 4.78 is 0. The fourth-order valence-electron chi connectivity index (χ4n) is 1.79. The van der Waals surface area contributed by atoms with Crippen LogP contribution in [-0.4, -0.2) is 48.8 Å². The minimum Gasteiger partial charge on any atom is -0.390 e. The van der Waals surface area contributed by atoms with Crippen LogP contribution in [0.3, 0.4) is 0 Å². The predicted octanol–water partition coefficient (Wildman–Crippen LogP) is 0.831. The molecule has 14 heavy (non-hydrogen) atoms. The molecule has 1 fully saturated rings. The van der Waals surface area contributed by atoms with Gasteiger partial charge in [0.1, 0.15) is 0 Å². The Morgan fingerprint density at radius 2 is 2.21 bits per heavy atom. The molecule has 0 heterocycles. The van der Waals surface area contributed by atoms with Crippen LogP contribution in [-0.2, 0) is 0 Å². The number of aliphatic hydroxyl groups is 1. The summed E-state index contributed by atoms with van der Waals surface area (Å²) in [6.45, 7) is 4.91.